The molecule has 0 aliphatic carbocycles. The van der Waals surface area contributed by atoms with E-state index in [4.69, 9.17) is 10.5 Å². The molecule has 1 rings (SSSR count). The fourth-order valence-electron chi connectivity index (χ4n) is 1.02. The van der Waals surface area contributed by atoms with E-state index < -0.39 is 11.7 Å². The molecule has 0 spiro atoms. The normalized spacial score (nSPS) is 9.73. The van der Waals surface area contributed by atoms with Crippen LogP contribution in [0, 0.1) is 5.82 Å². The second kappa shape index (κ2) is 4.54. The molecule has 0 saturated carbocycles. The van der Waals surface area contributed by atoms with Crippen molar-refractivity contribution in [1.82, 2.24) is 4.98 Å². The zero-order valence-corrected chi connectivity index (χ0v) is 8.29. The summed E-state index contributed by atoms with van der Waals surface area (Å²) in [4.78, 5) is 14.4. The first kappa shape index (κ1) is 11.2. The highest BCUT2D eigenvalue weighted by Gasteiger charge is 2.11. The lowest BCUT2D eigenvalue weighted by Crippen LogP contribution is -2.12. The van der Waals surface area contributed by atoms with Gasteiger partial charge < -0.3 is 10.5 Å². The van der Waals surface area contributed by atoms with Crippen molar-refractivity contribution >= 4 is 11.7 Å². The molecule has 1 aromatic heterocycles. The molecular formula is C10H11FN2O2. The Morgan fingerprint density at radius 3 is 2.87 bits per heavy atom. The van der Waals surface area contributed by atoms with Crippen LogP contribution in [0.4, 0.5) is 4.39 Å². The van der Waals surface area contributed by atoms with Gasteiger partial charge in [-0.2, -0.15) is 0 Å². The van der Waals surface area contributed by atoms with Gasteiger partial charge in [-0.15, -0.1) is 0 Å². The third-order valence-corrected chi connectivity index (χ3v) is 1.71. The minimum absolute atomic E-state index is 0.0122. The quantitative estimate of drug-likeness (QED) is 0.762. The van der Waals surface area contributed by atoms with Crippen LogP contribution >= 0.6 is 0 Å². The van der Waals surface area contributed by atoms with Crippen molar-refractivity contribution in [2.45, 2.75) is 6.92 Å². The van der Waals surface area contributed by atoms with Crippen molar-refractivity contribution in [2.75, 3.05) is 6.61 Å². The Morgan fingerprint density at radius 2 is 2.40 bits per heavy atom. The average molecular weight is 210 g/mol. The molecule has 80 valence electrons. The van der Waals surface area contributed by atoms with Gasteiger partial charge in [-0.05, 0) is 13.0 Å². The van der Waals surface area contributed by atoms with Gasteiger partial charge in [-0.1, -0.05) is 6.58 Å². The number of primary amides is 1. The lowest BCUT2D eigenvalue weighted by molar-refractivity contribution is 0.0999. The molecule has 0 atom stereocenters. The molecule has 0 aliphatic heterocycles. The largest absolute Gasteiger partial charge is 0.492 e. The number of nitrogens with two attached hydrogens (primary N) is 1. The molecule has 0 saturated heterocycles. The average Bonchev–Trinajstić information content (AvgIpc) is 2.17. The third-order valence-electron chi connectivity index (χ3n) is 1.71. The zero-order chi connectivity index (χ0) is 11.4. The Hall–Kier alpha value is -1.91. The number of hydrogen-bond donors (Lipinski definition) is 1. The van der Waals surface area contributed by atoms with E-state index in [0.717, 1.165) is 6.07 Å². The summed E-state index contributed by atoms with van der Waals surface area (Å²) >= 11 is 0. The number of carbonyl (C=O) groups excluding carboxylic acids is 1. The highest BCUT2D eigenvalue weighted by Crippen LogP contribution is 2.15. The van der Waals surface area contributed by atoms with Gasteiger partial charge in [0, 0.05) is 6.20 Å². The lowest BCUT2D eigenvalue weighted by atomic mass is 10.2. The third kappa shape index (κ3) is 2.52. The van der Waals surface area contributed by atoms with Crippen LogP contribution in [0.3, 0.4) is 0 Å². The van der Waals surface area contributed by atoms with Gasteiger partial charge in [0.25, 0.3) is 0 Å². The second-order valence-electron chi connectivity index (χ2n) is 2.77. The molecule has 2 N–H and O–H groups in total. The number of carbonyl (C=O) groups is 1. The predicted molar refractivity (Wildman–Crippen MR) is 53.4 cm³/mol. The highest BCUT2D eigenvalue weighted by atomic mass is 19.1. The Kier molecular flexibility index (Phi) is 3.38. The van der Waals surface area contributed by atoms with Crippen LogP contribution in [0.25, 0.3) is 5.76 Å². The summed E-state index contributed by atoms with van der Waals surface area (Å²) in [6, 6.07) is 1.01. The van der Waals surface area contributed by atoms with Crippen molar-refractivity contribution in [1.29, 1.82) is 0 Å². The number of pyridine rings is 1. The summed E-state index contributed by atoms with van der Waals surface area (Å²) in [5, 5.41) is 0. The monoisotopic (exact) mass is 210 g/mol. The number of rotatable bonds is 4. The van der Waals surface area contributed by atoms with Crippen LogP contribution in [0.15, 0.2) is 18.8 Å². The van der Waals surface area contributed by atoms with Gasteiger partial charge in [0.15, 0.2) is 5.82 Å². The van der Waals surface area contributed by atoms with Crippen molar-refractivity contribution in [2.24, 2.45) is 5.73 Å². The first-order valence-corrected chi connectivity index (χ1v) is 4.33. The van der Waals surface area contributed by atoms with E-state index in [0.29, 0.717) is 6.61 Å². The summed E-state index contributed by atoms with van der Waals surface area (Å²) in [6.45, 7) is 5.63. The summed E-state index contributed by atoms with van der Waals surface area (Å²) in [5.74, 6) is -1.27. The topological polar surface area (TPSA) is 65.2 Å². The molecular weight excluding hydrogens is 199 g/mol. The second-order valence-corrected chi connectivity index (χ2v) is 2.77. The predicted octanol–water partition coefficient (Wildman–Crippen LogP) is 1.33. The van der Waals surface area contributed by atoms with E-state index in [2.05, 4.69) is 11.6 Å². The van der Waals surface area contributed by atoms with Crippen LogP contribution in [0.1, 0.15) is 23.0 Å². The number of halogens is 1. The molecule has 1 amide bonds. The first-order chi connectivity index (χ1) is 7.06. The van der Waals surface area contributed by atoms with E-state index in [-0.39, 0.29) is 17.0 Å². The SMILES string of the molecule is C=C(OCC)c1ncc(C(N)=O)cc1F. The molecule has 1 aromatic rings. The smallest absolute Gasteiger partial charge is 0.250 e. The maximum Gasteiger partial charge on any atom is 0.250 e. The summed E-state index contributed by atoms with van der Waals surface area (Å²) < 4.78 is 18.4. The Morgan fingerprint density at radius 1 is 1.73 bits per heavy atom. The van der Waals surface area contributed by atoms with Crippen LogP contribution in [0.5, 0.6) is 0 Å². The number of aromatic nitrogens is 1. The maximum absolute atomic E-state index is 13.4. The maximum atomic E-state index is 13.4. The lowest BCUT2D eigenvalue weighted by Gasteiger charge is -2.07. The van der Waals surface area contributed by atoms with Gasteiger partial charge in [0.05, 0.1) is 12.2 Å². The molecule has 1 heterocycles. The fraction of sp³-hybridized carbons (Fsp3) is 0.200. The minimum atomic E-state index is -0.727. The first-order valence-electron chi connectivity index (χ1n) is 4.33. The molecule has 5 heteroatoms. The molecule has 0 bridgehead atoms. The summed E-state index contributed by atoms with van der Waals surface area (Å²) in [6.07, 6.45) is 1.19. The van der Waals surface area contributed by atoms with Gasteiger partial charge in [0.2, 0.25) is 5.91 Å². The Balaban J connectivity index is 3.03. The van der Waals surface area contributed by atoms with Crippen LogP contribution in [-0.4, -0.2) is 17.5 Å². The number of amides is 1. The molecule has 0 unspecified atom stereocenters. The minimum Gasteiger partial charge on any atom is -0.492 e. The molecule has 4 nitrogen and oxygen atoms in total. The Bertz CT molecular complexity index is 404. The summed E-state index contributed by atoms with van der Waals surface area (Å²) in [5.41, 5.74) is 4.97. The van der Waals surface area contributed by atoms with E-state index >= 15 is 0 Å². The molecule has 0 aromatic carbocycles. The van der Waals surface area contributed by atoms with E-state index in [9.17, 15) is 9.18 Å². The molecule has 0 fully saturated rings. The van der Waals surface area contributed by atoms with E-state index in [1.165, 1.54) is 6.20 Å². The van der Waals surface area contributed by atoms with Crippen LogP contribution < -0.4 is 5.73 Å². The van der Waals surface area contributed by atoms with Crippen LogP contribution in [0.2, 0.25) is 0 Å². The van der Waals surface area contributed by atoms with Crippen molar-refractivity contribution < 1.29 is 13.9 Å². The molecule has 15 heavy (non-hydrogen) atoms. The van der Waals surface area contributed by atoms with Crippen molar-refractivity contribution in [3.05, 3.63) is 35.9 Å². The summed E-state index contributed by atoms with van der Waals surface area (Å²) in [7, 11) is 0. The zero-order valence-electron chi connectivity index (χ0n) is 8.29. The van der Waals surface area contributed by atoms with Gasteiger partial charge in [0.1, 0.15) is 11.5 Å². The fourth-order valence-corrected chi connectivity index (χ4v) is 1.02. The van der Waals surface area contributed by atoms with Gasteiger partial charge in [-0.3, -0.25) is 4.79 Å². The van der Waals surface area contributed by atoms with Crippen LogP contribution in [-0.2, 0) is 4.74 Å². The highest BCUT2D eigenvalue weighted by molar-refractivity contribution is 5.92. The number of nitrogens with zero attached hydrogens (tertiary/aromatic N) is 1. The van der Waals surface area contributed by atoms with Crippen molar-refractivity contribution in [3.8, 4) is 0 Å². The number of hydrogen-bond acceptors (Lipinski definition) is 3. The Labute approximate surface area is 86.6 Å². The molecule has 0 aliphatic rings. The standard InChI is InChI=1S/C10H11FN2O2/c1-3-15-6(2)9-8(11)4-7(5-13-9)10(12)14/h4-5H,2-3H2,1H3,(H2,12,14). The number of ether oxygens (including phenoxy) is 1. The molecule has 0 radical (unpaired) electrons. The van der Waals surface area contributed by atoms with Gasteiger partial charge in [-0.25, -0.2) is 9.37 Å². The van der Waals surface area contributed by atoms with E-state index in [1.807, 2.05) is 0 Å². The van der Waals surface area contributed by atoms with Gasteiger partial charge >= 0.3 is 0 Å². The van der Waals surface area contributed by atoms with Crippen molar-refractivity contribution in [3.63, 3.8) is 0 Å². The van der Waals surface area contributed by atoms with E-state index in [1.54, 1.807) is 6.92 Å².